The summed E-state index contributed by atoms with van der Waals surface area (Å²) < 4.78 is 0. The summed E-state index contributed by atoms with van der Waals surface area (Å²) in [7, 11) is 2.03. The van der Waals surface area contributed by atoms with Gasteiger partial charge in [-0.15, -0.1) is 0 Å². The van der Waals surface area contributed by atoms with E-state index in [1.54, 1.807) is 0 Å². The van der Waals surface area contributed by atoms with Crippen LogP contribution in [0.5, 0.6) is 0 Å². The lowest BCUT2D eigenvalue weighted by Crippen LogP contribution is -2.61. The van der Waals surface area contributed by atoms with Gasteiger partial charge in [-0.05, 0) is 57.5 Å². The van der Waals surface area contributed by atoms with Crippen molar-refractivity contribution < 1.29 is 0 Å². The van der Waals surface area contributed by atoms with Crippen molar-refractivity contribution in [2.75, 3.05) is 33.2 Å². The summed E-state index contributed by atoms with van der Waals surface area (Å²) >= 11 is 0. The molecule has 2 heterocycles. The molecule has 3 aliphatic rings. The molecule has 0 aromatic heterocycles. The number of nitrogens with zero attached hydrogens (tertiary/aromatic N) is 2. The molecule has 0 amide bonds. The zero-order valence-corrected chi connectivity index (χ0v) is 16.9. The van der Waals surface area contributed by atoms with Crippen LogP contribution in [0, 0.1) is 5.92 Å². The first-order valence-electron chi connectivity index (χ1n) is 10.9. The van der Waals surface area contributed by atoms with Crippen LogP contribution in [0.2, 0.25) is 0 Å². The minimum absolute atomic E-state index is 0.124. The zero-order valence-electron chi connectivity index (χ0n) is 16.9. The fraction of sp³-hybridized carbons (Fsp3) is 0.818. The largest absolute Gasteiger partial charge is 0.401 e. The van der Waals surface area contributed by atoms with E-state index in [-0.39, 0.29) is 5.54 Å². The molecule has 4 nitrogen and oxygen atoms in total. The Bertz CT molecular complexity index is 480. The zero-order chi connectivity index (χ0) is 18.6. The smallest absolute Gasteiger partial charge is 0.0626 e. The van der Waals surface area contributed by atoms with Crippen molar-refractivity contribution in [2.24, 2.45) is 11.7 Å². The predicted octanol–water partition coefficient (Wildman–Crippen LogP) is 3.46. The fourth-order valence-corrected chi connectivity index (χ4v) is 5.82. The Hall–Kier alpha value is -1.00. The van der Waals surface area contributed by atoms with E-state index in [4.69, 9.17) is 5.73 Å². The molecule has 0 bridgehead atoms. The molecule has 1 unspecified atom stereocenters. The van der Waals surface area contributed by atoms with Crippen LogP contribution in [-0.2, 0) is 0 Å². The van der Waals surface area contributed by atoms with E-state index >= 15 is 0 Å². The maximum absolute atomic E-state index is 6.32. The lowest BCUT2D eigenvalue weighted by atomic mass is 9.78. The van der Waals surface area contributed by atoms with Gasteiger partial charge in [-0.2, -0.15) is 0 Å². The molecule has 0 aromatic carbocycles. The highest BCUT2D eigenvalue weighted by Gasteiger charge is 2.44. The first-order chi connectivity index (χ1) is 12.6. The van der Waals surface area contributed by atoms with Crippen LogP contribution in [-0.4, -0.2) is 54.6 Å². The molecule has 0 spiro atoms. The van der Waals surface area contributed by atoms with Crippen LogP contribution in [0.15, 0.2) is 24.6 Å². The molecule has 1 saturated carbocycles. The molecule has 0 aromatic rings. The number of likely N-dealkylation sites (tertiary alicyclic amines) is 2. The summed E-state index contributed by atoms with van der Waals surface area (Å²) in [5.74, 6) is 0.705. The van der Waals surface area contributed by atoms with Gasteiger partial charge in [-0.1, -0.05) is 38.8 Å². The summed E-state index contributed by atoms with van der Waals surface area (Å²) in [6, 6.07) is 0.373. The first kappa shape index (κ1) is 19.8. The Morgan fingerprint density at radius 3 is 2.08 bits per heavy atom. The Morgan fingerprint density at radius 2 is 1.54 bits per heavy atom. The fourth-order valence-electron chi connectivity index (χ4n) is 5.82. The van der Waals surface area contributed by atoms with Crippen LogP contribution in [0.1, 0.15) is 64.2 Å². The minimum atomic E-state index is 0.124. The second kappa shape index (κ2) is 8.79. The maximum Gasteiger partial charge on any atom is 0.0626 e. The molecule has 1 aliphatic carbocycles. The van der Waals surface area contributed by atoms with Gasteiger partial charge in [-0.25, -0.2) is 0 Å². The van der Waals surface area contributed by atoms with E-state index in [2.05, 4.69) is 28.3 Å². The van der Waals surface area contributed by atoms with E-state index < -0.39 is 0 Å². The van der Waals surface area contributed by atoms with Gasteiger partial charge in [0.2, 0.25) is 0 Å². The Balaban J connectivity index is 1.71. The lowest BCUT2D eigenvalue weighted by molar-refractivity contribution is 0.0105. The van der Waals surface area contributed by atoms with Crippen molar-refractivity contribution in [3.05, 3.63) is 24.6 Å². The van der Waals surface area contributed by atoms with Gasteiger partial charge in [0.15, 0.2) is 0 Å². The maximum atomic E-state index is 6.32. The first-order valence-corrected chi connectivity index (χ1v) is 10.9. The van der Waals surface area contributed by atoms with E-state index in [0.29, 0.717) is 12.0 Å². The number of piperidine rings is 2. The quantitative estimate of drug-likeness (QED) is 0.761. The van der Waals surface area contributed by atoms with Gasteiger partial charge in [0.05, 0.1) is 11.6 Å². The molecule has 2 saturated heterocycles. The highest BCUT2D eigenvalue weighted by atomic mass is 15.3. The number of hydrogen-bond donors (Lipinski definition) is 2. The van der Waals surface area contributed by atoms with Crippen molar-refractivity contribution in [2.45, 2.75) is 75.8 Å². The highest BCUT2D eigenvalue weighted by Crippen LogP contribution is 2.39. The van der Waals surface area contributed by atoms with Crippen molar-refractivity contribution >= 4 is 0 Å². The van der Waals surface area contributed by atoms with Crippen LogP contribution in [0.3, 0.4) is 0 Å². The van der Waals surface area contributed by atoms with E-state index in [0.717, 1.165) is 31.6 Å². The molecular weight excluding hydrogens is 320 g/mol. The molecule has 26 heavy (non-hydrogen) atoms. The van der Waals surface area contributed by atoms with Gasteiger partial charge in [0.25, 0.3) is 0 Å². The average Bonchev–Trinajstić information content (AvgIpc) is 2.69. The summed E-state index contributed by atoms with van der Waals surface area (Å²) in [5, 5.41) is 3.41. The van der Waals surface area contributed by atoms with E-state index in [9.17, 15) is 0 Å². The molecule has 0 radical (unpaired) electrons. The minimum Gasteiger partial charge on any atom is -0.401 e. The number of nitrogens with one attached hydrogen (secondary N) is 1. The summed E-state index contributed by atoms with van der Waals surface area (Å²) in [6.07, 6.45) is 13.1. The van der Waals surface area contributed by atoms with Crippen molar-refractivity contribution in [3.63, 3.8) is 0 Å². The second-order valence-corrected chi connectivity index (χ2v) is 8.76. The molecule has 3 rings (SSSR count). The Labute approximate surface area is 160 Å². The van der Waals surface area contributed by atoms with Gasteiger partial charge >= 0.3 is 0 Å². The second-order valence-electron chi connectivity index (χ2n) is 8.76. The summed E-state index contributed by atoms with van der Waals surface area (Å²) in [6.45, 7) is 13.3. The Kier molecular flexibility index (Phi) is 6.68. The lowest BCUT2D eigenvalue weighted by Gasteiger charge is -2.53. The van der Waals surface area contributed by atoms with Crippen molar-refractivity contribution in [3.8, 4) is 0 Å². The summed E-state index contributed by atoms with van der Waals surface area (Å²) in [5.41, 5.74) is 8.53. The molecule has 1 atom stereocenters. The Morgan fingerprint density at radius 1 is 0.962 bits per heavy atom. The molecule has 3 N–H and O–H groups in total. The molecule has 4 heteroatoms. The van der Waals surface area contributed by atoms with Crippen molar-refractivity contribution in [1.82, 2.24) is 15.1 Å². The van der Waals surface area contributed by atoms with Gasteiger partial charge < -0.3 is 11.1 Å². The number of likely N-dealkylation sites (N-methyl/N-ethyl adjacent to an activating group) is 1. The molecule has 148 valence electrons. The molecule has 3 fully saturated rings. The van der Waals surface area contributed by atoms with E-state index in [1.165, 1.54) is 70.2 Å². The summed E-state index contributed by atoms with van der Waals surface area (Å²) in [4.78, 5) is 5.36. The van der Waals surface area contributed by atoms with E-state index in [1.807, 2.05) is 7.05 Å². The number of nitrogens with two attached hydrogens (primary N) is 1. The van der Waals surface area contributed by atoms with Gasteiger partial charge in [0.1, 0.15) is 0 Å². The standard InChI is InChI=1S/C22H40N4/c1-18(23)21(20-10-6-4-7-11-20)25-16-12-22(13-17-25,19(2)24-3)26-14-8-5-9-15-26/h20-21,24H,1-2,4-17,23H2,3H3. The normalized spacial score (nSPS) is 27.0. The molecular formula is C22H40N4. The van der Waals surface area contributed by atoms with Gasteiger partial charge in [0, 0.05) is 31.5 Å². The third-order valence-electron chi connectivity index (χ3n) is 7.32. The van der Waals surface area contributed by atoms with Crippen LogP contribution < -0.4 is 11.1 Å². The van der Waals surface area contributed by atoms with Crippen molar-refractivity contribution in [1.29, 1.82) is 0 Å². The van der Waals surface area contributed by atoms with Crippen LogP contribution in [0.25, 0.3) is 0 Å². The SMILES string of the molecule is C=C(N)C(C1CCCCC1)N1CCC(C(=C)NC)(N2CCCCC2)CC1. The van der Waals surface area contributed by atoms with Crippen LogP contribution in [0.4, 0.5) is 0 Å². The van der Waals surface area contributed by atoms with Crippen LogP contribution >= 0.6 is 0 Å². The predicted molar refractivity (Wildman–Crippen MR) is 111 cm³/mol. The number of hydrogen-bond acceptors (Lipinski definition) is 4. The topological polar surface area (TPSA) is 44.5 Å². The third-order valence-corrected chi connectivity index (χ3v) is 7.32. The monoisotopic (exact) mass is 360 g/mol. The average molecular weight is 361 g/mol. The highest BCUT2D eigenvalue weighted by molar-refractivity contribution is 5.19. The van der Waals surface area contributed by atoms with Gasteiger partial charge in [-0.3, -0.25) is 9.80 Å². The third kappa shape index (κ3) is 3.96. The molecule has 2 aliphatic heterocycles. The number of rotatable bonds is 6.